The average molecular weight is 302 g/mol. The van der Waals surface area contributed by atoms with Crippen molar-refractivity contribution in [1.29, 1.82) is 0 Å². The molecule has 1 aliphatic rings. The van der Waals surface area contributed by atoms with Crippen molar-refractivity contribution in [2.75, 3.05) is 18.9 Å². The summed E-state index contributed by atoms with van der Waals surface area (Å²) in [4.78, 5) is 29.1. The SMILES string of the molecule is CCOC(=O)CN=C1CSC(C)N1C(=O)OC(C)(C)C. The van der Waals surface area contributed by atoms with Crippen LogP contribution in [-0.4, -0.2) is 52.7 Å². The summed E-state index contributed by atoms with van der Waals surface area (Å²) >= 11 is 1.57. The first-order chi connectivity index (χ1) is 9.24. The lowest BCUT2D eigenvalue weighted by Gasteiger charge is -2.26. The predicted molar refractivity (Wildman–Crippen MR) is 78.9 cm³/mol. The molecule has 0 saturated carbocycles. The Morgan fingerprint density at radius 3 is 2.65 bits per heavy atom. The molecule has 6 nitrogen and oxygen atoms in total. The van der Waals surface area contributed by atoms with Crippen LogP contribution in [0.5, 0.6) is 0 Å². The standard InChI is InChI=1S/C13H22N2O4S/c1-6-18-11(16)7-14-10-8-20-9(2)15(10)12(17)19-13(3,4)5/h9H,6-8H2,1-5H3. The van der Waals surface area contributed by atoms with Crippen LogP contribution in [-0.2, 0) is 14.3 Å². The first kappa shape index (κ1) is 16.8. The zero-order valence-corrected chi connectivity index (χ0v) is 13.5. The number of nitrogens with zero attached hydrogens (tertiary/aromatic N) is 2. The highest BCUT2D eigenvalue weighted by Crippen LogP contribution is 2.27. The van der Waals surface area contributed by atoms with Crippen molar-refractivity contribution in [2.45, 2.75) is 45.6 Å². The number of esters is 1. The zero-order chi connectivity index (χ0) is 15.3. The fourth-order valence-corrected chi connectivity index (χ4v) is 2.58. The van der Waals surface area contributed by atoms with Gasteiger partial charge in [0.2, 0.25) is 0 Å². The number of hydrogen-bond donors (Lipinski definition) is 0. The quantitative estimate of drug-likeness (QED) is 0.748. The molecular weight excluding hydrogens is 280 g/mol. The topological polar surface area (TPSA) is 68.2 Å². The number of amidine groups is 1. The van der Waals surface area contributed by atoms with Gasteiger partial charge in [-0.1, -0.05) is 0 Å². The molecule has 0 aromatic rings. The van der Waals surface area contributed by atoms with Crippen LogP contribution in [0.1, 0.15) is 34.6 Å². The molecule has 1 amide bonds. The Labute approximate surface area is 123 Å². The van der Waals surface area contributed by atoms with Gasteiger partial charge in [0.05, 0.1) is 17.7 Å². The second kappa shape index (κ2) is 6.97. The Bertz CT molecular complexity index is 404. The van der Waals surface area contributed by atoms with Crippen LogP contribution in [0, 0.1) is 0 Å². The number of thioether (sulfide) groups is 1. The van der Waals surface area contributed by atoms with Crippen molar-refractivity contribution in [1.82, 2.24) is 4.90 Å². The van der Waals surface area contributed by atoms with Gasteiger partial charge in [0, 0.05) is 0 Å². The first-order valence-corrected chi connectivity index (χ1v) is 7.62. The highest BCUT2D eigenvalue weighted by molar-refractivity contribution is 8.01. The largest absolute Gasteiger partial charge is 0.465 e. The van der Waals surface area contributed by atoms with Crippen LogP contribution in [0.25, 0.3) is 0 Å². The molecule has 0 spiro atoms. The van der Waals surface area contributed by atoms with E-state index in [9.17, 15) is 9.59 Å². The minimum atomic E-state index is -0.559. The van der Waals surface area contributed by atoms with Gasteiger partial charge in [-0.25, -0.2) is 4.79 Å². The Morgan fingerprint density at radius 2 is 2.10 bits per heavy atom. The van der Waals surface area contributed by atoms with Crippen LogP contribution in [0.15, 0.2) is 4.99 Å². The lowest BCUT2D eigenvalue weighted by Crippen LogP contribution is -2.41. The molecule has 1 heterocycles. The van der Waals surface area contributed by atoms with E-state index in [4.69, 9.17) is 9.47 Å². The molecule has 1 unspecified atom stereocenters. The third kappa shape index (κ3) is 5.03. The van der Waals surface area contributed by atoms with Gasteiger partial charge in [0.1, 0.15) is 18.0 Å². The molecule has 1 fully saturated rings. The molecule has 20 heavy (non-hydrogen) atoms. The van der Waals surface area contributed by atoms with Gasteiger partial charge in [0.15, 0.2) is 0 Å². The average Bonchev–Trinajstić information content (AvgIpc) is 2.66. The zero-order valence-electron chi connectivity index (χ0n) is 12.6. The second-order valence-electron chi connectivity index (χ2n) is 5.30. The summed E-state index contributed by atoms with van der Waals surface area (Å²) in [5.41, 5.74) is -0.559. The van der Waals surface area contributed by atoms with Crippen molar-refractivity contribution in [3.05, 3.63) is 0 Å². The fourth-order valence-electron chi connectivity index (χ4n) is 1.60. The van der Waals surface area contributed by atoms with E-state index in [0.29, 0.717) is 18.2 Å². The second-order valence-corrected chi connectivity index (χ2v) is 6.60. The molecule has 1 rings (SSSR count). The van der Waals surface area contributed by atoms with E-state index in [0.717, 1.165) is 0 Å². The molecule has 0 N–H and O–H groups in total. The van der Waals surface area contributed by atoms with Gasteiger partial charge in [-0.3, -0.25) is 14.7 Å². The van der Waals surface area contributed by atoms with Gasteiger partial charge in [-0.2, -0.15) is 0 Å². The van der Waals surface area contributed by atoms with E-state index < -0.39 is 17.7 Å². The van der Waals surface area contributed by atoms with Crippen molar-refractivity contribution in [3.63, 3.8) is 0 Å². The summed E-state index contributed by atoms with van der Waals surface area (Å²) in [5.74, 6) is 0.748. The number of carbonyl (C=O) groups is 2. The number of rotatable bonds is 3. The van der Waals surface area contributed by atoms with Crippen molar-refractivity contribution >= 4 is 29.7 Å². The number of carbonyl (C=O) groups excluding carboxylic acids is 2. The molecule has 114 valence electrons. The maximum Gasteiger partial charge on any atom is 0.416 e. The molecule has 1 aliphatic heterocycles. The van der Waals surface area contributed by atoms with Crippen LogP contribution in [0.3, 0.4) is 0 Å². The summed E-state index contributed by atoms with van der Waals surface area (Å²) in [6.07, 6.45) is -0.433. The van der Waals surface area contributed by atoms with Gasteiger partial charge in [-0.15, -0.1) is 11.8 Å². The molecule has 0 aromatic carbocycles. The summed E-state index contributed by atoms with van der Waals surface area (Å²) in [7, 11) is 0. The third-order valence-electron chi connectivity index (χ3n) is 2.38. The Kier molecular flexibility index (Phi) is 5.86. The summed E-state index contributed by atoms with van der Waals surface area (Å²) in [6.45, 7) is 9.34. The van der Waals surface area contributed by atoms with Crippen LogP contribution in [0.4, 0.5) is 4.79 Å². The van der Waals surface area contributed by atoms with E-state index in [1.165, 1.54) is 4.90 Å². The number of aliphatic imine (C=N–C) groups is 1. The summed E-state index contributed by atoms with van der Waals surface area (Å²) in [6, 6.07) is 0. The van der Waals surface area contributed by atoms with Gasteiger partial charge >= 0.3 is 12.1 Å². The van der Waals surface area contributed by atoms with Crippen LogP contribution in [0.2, 0.25) is 0 Å². The van der Waals surface area contributed by atoms with Gasteiger partial charge < -0.3 is 9.47 Å². The molecule has 0 aromatic heterocycles. The van der Waals surface area contributed by atoms with Gasteiger partial charge in [-0.05, 0) is 34.6 Å². The van der Waals surface area contributed by atoms with E-state index in [-0.39, 0.29) is 11.9 Å². The van der Waals surface area contributed by atoms with E-state index in [1.54, 1.807) is 18.7 Å². The Hall–Kier alpha value is -1.24. The maximum absolute atomic E-state index is 12.1. The molecular formula is C13H22N2O4S. The van der Waals surface area contributed by atoms with Crippen LogP contribution >= 0.6 is 11.8 Å². The van der Waals surface area contributed by atoms with E-state index in [1.807, 2.05) is 27.7 Å². The normalized spacial score (nSPS) is 21.1. The minimum Gasteiger partial charge on any atom is -0.465 e. The Morgan fingerprint density at radius 1 is 1.45 bits per heavy atom. The van der Waals surface area contributed by atoms with Crippen molar-refractivity contribution in [3.8, 4) is 0 Å². The predicted octanol–water partition coefficient (Wildman–Crippen LogP) is 2.28. The van der Waals surface area contributed by atoms with E-state index >= 15 is 0 Å². The number of ether oxygens (including phenoxy) is 2. The van der Waals surface area contributed by atoms with Crippen molar-refractivity contribution in [2.24, 2.45) is 4.99 Å². The van der Waals surface area contributed by atoms with E-state index in [2.05, 4.69) is 4.99 Å². The molecule has 1 atom stereocenters. The molecule has 0 aliphatic carbocycles. The highest BCUT2D eigenvalue weighted by Gasteiger charge is 2.35. The summed E-state index contributed by atoms with van der Waals surface area (Å²) < 4.78 is 10.2. The molecule has 1 saturated heterocycles. The maximum atomic E-state index is 12.1. The monoisotopic (exact) mass is 302 g/mol. The lowest BCUT2D eigenvalue weighted by molar-refractivity contribution is -0.141. The van der Waals surface area contributed by atoms with Gasteiger partial charge in [0.25, 0.3) is 0 Å². The highest BCUT2D eigenvalue weighted by atomic mass is 32.2. The fraction of sp³-hybridized carbons (Fsp3) is 0.769. The summed E-state index contributed by atoms with van der Waals surface area (Å²) in [5, 5.41) is -0.0502. The van der Waals surface area contributed by atoms with Crippen LogP contribution < -0.4 is 0 Å². The molecule has 0 bridgehead atoms. The third-order valence-corrected chi connectivity index (χ3v) is 3.50. The Balaban J connectivity index is 2.73. The molecule has 0 radical (unpaired) electrons. The first-order valence-electron chi connectivity index (χ1n) is 6.57. The van der Waals surface area contributed by atoms with Crippen molar-refractivity contribution < 1.29 is 19.1 Å². The smallest absolute Gasteiger partial charge is 0.416 e. The lowest BCUT2D eigenvalue weighted by atomic mass is 10.2. The number of amides is 1. The number of hydrogen-bond acceptors (Lipinski definition) is 6. The minimum absolute atomic E-state index is 0.0502. The molecule has 7 heteroatoms.